The molecule has 2 aliphatic carbocycles. The van der Waals surface area contributed by atoms with Crippen molar-refractivity contribution in [1.29, 1.82) is 0 Å². The fourth-order valence-electron chi connectivity index (χ4n) is 4.75. The molecule has 0 aliphatic heterocycles. The van der Waals surface area contributed by atoms with E-state index in [1.54, 1.807) is 11.1 Å². The van der Waals surface area contributed by atoms with Gasteiger partial charge in [0, 0.05) is 0 Å². The molecule has 0 amide bonds. The van der Waals surface area contributed by atoms with Crippen LogP contribution in [0.3, 0.4) is 0 Å². The Hall–Kier alpha value is -0.780. The normalized spacial score (nSPS) is 34.9. The molecule has 3 rings (SSSR count). The maximum Gasteiger partial charge on any atom is -0.00391 e. The monoisotopic (exact) mass is 228 g/mol. The van der Waals surface area contributed by atoms with E-state index in [2.05, 4.69) is 45.0 Å². The molecule has 0 bridgehead atoms. The summed E-state index contributed by atoms with van der Waals surface area (Å²) >= 11 is 0. The third-order valence-corrected chi connectivity index (χ3v) is 5.56. The standard InChI is InChI=1S/C17H24/c1-16(2)11-6-12-17(3)14-8-5-4-7-13(14)9-10-15(16)17/h4-5,7-8,15H,6,9-12H2,1-3H3/t15?,17-/m1/s1. The molecule has 1 aromatic carbocycles. The minimum absolute atomic E-state index is 0.441. The molecule has 2 atom stereocenters. The first-order chi connectivity index (χ1) is 8.04. The molecule has 0 radical (unpaired) electrons. The summed E-state index contributed by atoms with van der Waals surface area (Å²) in [5.74, 6) is 0.874. The Morgan fingerprint density at radius 3 is 2.65 bits per heavy atom. The van der Waals surface area contributed by atoms with Crippen LogP contribution in [0.2, 0.25) is 0 Å². The van der Waals surface area contributed by atoms with E-state index in [9.17, 15) is 0 Å². The molecule has 0 spiro atoms. The molecular formula is C17H24. The van der Waals surface area contributed by atoms with Gasteiger partial charge >= 0.3 is 0 Å². The summed E-state index contributed by atoms with van der Waals surface area (Å²) in [5.41, 5.74) is 4.24. The van der Waals surface area contributed by atoms with E-state index in [0.717, 1.165) is 5.92 Å². The molecule has 92 valence electrons. The van der Waals surface area contributed by atoms with E-state index < -0.39 is 0 Å². The highest BCUT2D eigenvalue weighted by molar-refractivity contribution is 5.38. The summed E-state index contributed by atoms with van der Waals surface area (Å²) < 4.78 is 0. The van der Waals surface area contributed by atoms with Crippen molar-refractivity contribution in [2.45, 2.75) is 58.3 Å². The largest absolute Gasteiger partial charge is 0.0620 e. The molecule has 2 aliphatic rings. The van der Waals surface area contributed by atoms with Gasteiger partial charge in [0.05, 0.1) is 0 Å². The molecule has 0 saturated heterocycles. The molecule has 0 N–H and O–H groups in total. The van der Waals surface area contributed by atoms with Gasteiger partial charge in [0.1, 0.15) is 0 Å². The van der Waals surface area contributed by atoms with E-state index in [0.29, 0.717) is 10.8 Å². The fourth-order valence-corrected chi connectivity index (χ4v) is 4.75. The Balaban J connectivity index is 2.11. The molecule has 0 aromatic heterocycles. The Labute approximate surface area is 105 Å². The molecule has 1 saturated carbocycles. The Kier molecular flexibility index (Phi) is 2.40. The number of benzene rings is 1. The van der Waals surface area contributed by atoms with Crippen molar-refractivity contribution in [2.24, 2.45) is 11.3 Å². The van der Waals surface area contributed by atoms with Crippen LogP contribution in [0.1, 0.15) is 57.6 Å². The Morgan fingerprint density at radius 1 is 1.06 bits per heavy atom. The molecule has 1 fully saturated rings. The topological polar surface area (TPSA) is 0 Å². The minimum atomic E-state index is 0.441. The number of hydrogen-bond acceptors (Lipinski definition) is 0. The number of aryl methyl sites for hydroxylation is 1. The third-order valence-electron chi connectivity index (χ3n) is 5.56. The van der Waals surface area contributed by atoms with Gasteiger partial charge in [-0.05, 0) is 53.6 Å². The maximum absolute atomic E-state index is 2.52. The van der Waals surface area contributed by atoms with Gasteiger partial charge in [-0.2, -0.15) is 0 Å². The molecule has 0 heterocycles. The van der Waals surface area contributed by atoms with Crippen LogP contribution in [0, 0.1) is 11.3 Å². The van der Waals surface area contributed by atoms with Crippen LogP contribution in [0.5, 0.6) is 0 Å². The second-order valence-corrected chi connectivity index (χ2v) is 7.01. The second kappa shape index (κ2) is 3.60. The highest BCUT2D eigenvalue weighted by atomic mass is 14.5. The maximum atomic E-state index is 2.52. The van der Waals surface area contributed by atoms with Crippen LogP contribution in [0.15, 0.2) is 24.3 Å². The molecule has 0 heteroatoms. The van der Waals surface area contributed by atoms with Crippen LogP contribution < -0.4 is 0 Å². The minimum Gasteiger partial charge on any atom is -0.0620 e. The Bertz CT molecular complexity index is 429. The molecule has 1 aromatic rings. The zero-order valence-corrected chi connectivity index (χ0v) is 11.4. The molecule has 1 unspecified atom stereocenters. The fraction of sp³-hybridized carbons (Fsp3) is 0.647. The molecule has 17 heavy (non-hydrogen) atoms. The summed E-state index contributed by atoms with van der Waals surface area (Å²) in [5, 5.41) is 0. The van der Waals surface area contributed by atoms with Crippen LogP contribution in [0.4, 0.5) is 0 Å². The average molecular weight is 228 g/mol. The van der Waals surface area contributed by atoms with Gasteiger partial charge in [0.15, 0.2) is 0 Å². The first kappa shape index (κ1) is 11.3. The van der Waals surface area contributed by atoms with Crippen LogP contribution >= 0.6 is 0 Å². The van der Waals surface area contributed by atoms with Crippen molar-refractivity contribution in [3.63, 3.8) is 0 Å². The van der Waals surface area contributed by atoms with E-state index >= 15 is 0 Å². The third kappa shape index (κ3) is 1.57. The lowest BCUT2D eigenvalue weighted by molar-refractivity contribution is 0.0407. The summed E-state index contributed by atoms with van der Waals surface area (Å²) in [6, 6.07) is 9.17. The van der Waals surface area contributed by atoms with E-state index in [-0.39, 0.29) is 0 Å². The van der Waals surface area contributed by atoms with Crippen LogP contribution in [-0.2, 0) is 11.8 Å². The average Bonchev–Trinajstić information content (AvgIpc) is 2.28. The Morgan fingerprint density at radius 2 is 1.82 bits per heavy atom. The van der Waals surface area contributed by atoms with Gasteiger partial charge < -0.3 is 0 Å². The molecule has 0 nitrogen and oxygen atoms in total. The van der Waals surface area contributed by atoms with Crippen molar-refractivity contribution in [3.8, 4) is 0 Å². The van der Waals surface area contributed by atoms with Gasteiger partial charge in [0.25, 0.3) is 0 Å². The summed E-state index contributed by atoms with van der Waals surface area (Å²) in [7, 11) is 0. The lowest BCUT2D eigenvalue weighted by Crippen LogP contribution is -2.47. The van der Waals surface area contributed by atoms with Crippen LogP contribution in [0.25, 0.3) is 0 Å². The second-order valence-electron chi connectivity index (χ2n) is 7.01. The lowest BCUT2D eigenvalue weighted by atomic mass is 9.50. The van der Waals surface area contributed by atoms with Gasteiger partial charge in [-0.25, -0.2) is 0 Å². The van der Waals surface area contributed by atoms with Crippen LogP contribution in [-0.4, -0.2) is 0 Å². The zero-order valence-electron chi connectivity index (χ0n) is 11.4. The smallest absolute Gasteiger partial charge is 0.00391 e. The molecular weight excluding hydrogens is 204 g/mol. The van der Waals surface area contributed by atoms with Gasteiger partial charge in [0.2, 0.25) is 0 Å². The zero-order chi connectivity index (χ0) is 12.1. The van der Waals surface area contributed by atoms with Crippen molar-refractivity contribution in [1.82, 2.24) is 0 Å². The van der Waals surface area contributed by atoms with E-state index in [4.69, 9.17) is 0 Å². The summed E-state index contributed by atoms with van der Waals surface area (Å²) in [6.45, 7) is 7.50. The first-order valence-electron chi connectivity index (χ1n) is 7.12. The van der Waals surface area contributed by atoms with Crippen molar-refractivity contribution >= 4 is 0 Å². The van der Waals surface area contributed by atoms with E-state index in [1.165, 1.54) is 32.1 Å². The predicted molar refractivity (Wildman–Crippen MR) is 73.2 cm³/mol. The van der Waals surface area contributed by atoms with Crippen molar-refractivity contribution < 1.29 is 0 Å². The summed E-state index contributed by atoms with van der Waals surface area (Å²) in [6.07, 6.45) is 6.88. The first-order valence-corrected chi connectivity index (χ1v) is 7.12. The highest BCUT2D eigenvalue weighted by Gasteiger charge is 2.49. The highest BCUT2D eigenvalue weighted by Crippen LogP contribution is 2.56. The van der Waals surface area contributed by atoms with Crippen molar-refractivity contribution in [3.05, 3.63) is 35.4 Å². The van der Waals surface area contributed by atoms with Gasteiger partial charge in [-0.3, -0.25) is 0 Å². The SMILES string of the molecule is CC1(C)CCC[C@]2(C)c3ccccc3CCC12. The lowest BCUT2D eigenvalue weighted by Gasteiger charge is -2.54. The van der Waals surface area contributed by atoms with E-state index in [1.807, 2.05) is 0 Å². The number of fused-ring (bicyclic) bond motifs is 3. The predicted octanol–water partition coefficient (Wildman–Crippen LogP) is 4.72. The summed E-state index contributed by atoms with van der Waals surface area (Å²) in [4.78, 5) is 0. The van der Waals surface area contributed by atoms with Gasteiger partial charge in [-0.15, -0.1) is 0 Å². The quantitative estimate of drug-likeness (QED) is 0.603. The van der Waals surface area contributed by atoms with Crippen molar-refractivity contribution in [2.75, 3.05) is 0 Å². The number of rotatable bonds is 0. The number of hydrogen-bond donors (Lipinski definition) is 0. The van der Waals surface area contributed by atoms with Gasteiger partial charge in [-0.1, -0.05) is 51.5 Å².